The summed E-state index contributed by atoms with van der Waals surface area (Å²) in [5.41, 5.74) is 1.60. The highest BCUT2D eigenvalue weighted by molar-refractivity contribution is 5.90. The van der Waals surface area contributed by atoms with Gasteiger partial charge in [-0.05, 0) is 42.0 Å². The second-order valence-corrected chi connectivity index (χ2v) is 9.76. The molecule has 9 nitrogen and oxygen atoms in total. The van der Waals surface area contributed by atoms with Crippen molar-refractivity contribution in [1.82, 2.24) is 0 Å². The Bertz CT molecular complexity index is 1480. The van der Waals surface area contributed by atoms with Crippen molar-refractivity contribution in [3.05, 3.63) is 144 Å². The van der Waals surface area contributed by atoms with E-state index in [9.17, 15) is 19.5 Å². The molecule has 43 heavy (non-hydrogen) atoms. The lowest BCUT2D eigenvalue weighted by Crippen LogP contribution is -2.62. The van der Waals surface area contributed by atoms with Crippen molar-refractivity contribution in [1.29, 1.82) is 0 Å². The van der Waals surface area contributed by atoms with Crippen LogP contribution in [0.1, 0.15) is 36.6 Å². The van der Waals surface area contributed by atoms with Gasteiger partial charge in [-0.15, -0.1) is 0 Å². The number of benzene rings is 4. The lowest BCUT2D eigenvalue weighted by molar-refractivity contribution is -0.294. The second-order valence-electron chi connectivity index (χ2n) is 9.76. The number of hydrogen-bond donors (Lipinski definition) is 1. The number of aliphatic hydroxyl groups is 1. The first-order chi connectivity index (χ1) is 21.0. The maximum atomic E-state index is 13.3. The minimum atomic E-state index is -1.69. The molecule has 5 rings (SSSR count). The number of esters is 3. The Labute approximate surface area is 248 Å². The average molecular weight is 583 g/mol. The van der Waals surface area contributed by atoms with Gasteiger partial charge >= 0.3 is 17.9 Å². The number of ether oxygens (including phenoxy) is 5. The molecule has 0 bridgehead atoms. The van der Waals surface area contributed by atoms with Crippen molar-refractivity contribution in [2.24, 2.45) is 0 Å². The third kappa shape index (κ3) is 7.72. The summed E-state index contributed by atoms with van der Waals surface area (Å²) < 4.78 is 29.1. The molecule has 0 saturated carbocycles. The van der Waals surface area contributed by atoms with Gasteiger partial charge in [0, 0.05) is 0 Å². The molecule has 0 amide bonds. The predicted molar refractivity (Wildman–Crippen MR) is 154 cm³/mol. The highest BCUT2D eigenvalue weighted by Crippen LogP contribution is 2.30. The molecule has 0 aliphatic carbocycles. The summed E-state index contributed by atoms with van der Waals surface area (Å²) in [6.07, 6.45) is -6.71. The van der Waals surface area contributed by atoms with Crippen molar-refractivity contribution in [2.75, 3.05) is 6.61 Å². The topological polar surface area (TPSA) is 118 Å². The summed E-state index contributed by atoms with van der Waals surface area (Å²) in [6.45, 7) is -0.352. The number of aliphatic hydroxyl groups excluding tert-OH is 1. The highest BCUT2D eigenvalue weighted by atomic mass is 16.7. The largest absolute Gasteiger partial charge is 0.459 e. The van der Waals surface area contributed by atoms with Crippen LogP contribution >= 0.6 is 0 Å². The lowest BCUT2D eigenvalue weighted by Gasteiger charge is -2.43. The fourth-order valence-electron chi connectivity index (χ4n) is 4.60. The Morgan fingerprint density at radius 1 is 0.581 bits per heavy atom. The smallest absolute Gasteiger partial charge is 0.338 e. The molecule has 1 N–H and O–H groups in total. The molecular weight excluding hydrogens is 552 g/mol. The second kappa shape index (κ2) is 14.4. The summed E-state index contributed by atoms with van der Waals surface area (Å²) in [6, 6.07) is 34.1. The number of carbonyl (C=O) groups excluding carboxylic acids is 3. The zero-order valence-corrected chi connectivity index (χ0v) is 23.1. The molecule has 9 heteroatoms. The van der Waals surface area contributed by atoms with Gasteiger partial charge in [0.15, 0.2) is 18.5 Å². The van der Waals surface area contributed by atoms with Gasteiger partial charge < -0.3 is 28.8 Å². The molecule has 4 aromatic rings. The molecular formula is C34H30O9. The van der Waals surface area contributed by atoms with Crippen LogP contribution < -0.4 is 0 Å². The lowest BCUT2D eigenvalue weighted by atomic mass is 9.97. The number of hydrogen-bond acceptors (Lipinski definition) is 9. The maximum Gasteiger partial charge on any atom is 0.338 e. The molecule has 4 aromatic carbocycles. The van der Waals surface area contributed by atoms with Gasteiger partial charge in [-0.3, -0.25) is 0 Å². The summed E-state index contributed by atoms with van der Waals surface area (Å²) in [7, 11) is 0. The van der Waals surface area contributed by atoms with Crippen LogP contribution in [-0.2, 0) is 30.3 Å². The van der Waals surface area contributed by atoms with Crippen LogP contribution in [0.4, 0.5) is 0 Å². The van der Waals surface area contributed by atoms with Crippen molar-refractivity contribution < 1.29 is 43.2 Å². The van der Waals surface area contributed by atoms with Gasteiger partial charge in [0.05, 0.1) is 23.3 Å². The van der Waals surface area contributed by atoms with Gasteiger partial charge in [0.25, 0.3) is 0 Å². The van der Waals surface area contributed by atoms with Crippen LogP contribution in [0.25, 0.3) is 0 Å². The van der Waals surface area contributed by atoms with E-state index in [1.165, 1.54) is 0 Å². The van der Waals surface area contributed by atoms with Crippen molar-refractivity contribution >= 4 is 17.9 Å². The van der Waals surface area contributed by atoms with E-state index in [0.29, 0.717) is 5.56 Å². The monoisotopic (exact) mass is 582 g/mol. The van der Waals surface area contributed by atoms with Gasteiger partial charge in [0.1, 0.15) is 18.8 Å². The molecule has 5 atom stereocenters. The van der Waals surface area contributed by atoms with Crippen LogP contribution in [0.5, 0.6) is 0 Å². The van der Waals surface area contributed by atoms with E-state index in [0.717, 1.165) is 5.56 Å². The Morgan fingerprint density at radius 2 is 1.02 bits per heavy atom. The Kier molecular flexibility index (Phi) is 9.91. The van der Waals surface area contributed by atoms with Gasteiger partial charge in [-0.1, -0.05) is 84.9 Å². The van der Waals surface area contributed by atoms with E-state index in [4.69, 9.17) is 23.7 Å². The van der Waals surface area contributed by atoms with Gasteiger partial charge in [-0.25, -0.2) is 14.4 Å². The number of rotatable bonds is 10. The van der Waals surface area contributed by atoms with Crippen LogP contribution in [0.15, 0.2) is 121 Å². The zero-order chi connectivity index (χ0) is 30.0. The standard InChI is InChI=1S/C34H30O9/c35-31(24-15-7-2-8-16-24)40-22-27-28(42-32(36)25-17-9-3-10-18-25)29(39-21-23-13-5-1-6-14-23)30(34(38)41-27)43-33(37)26-19-11-4-12-20-26/h1-20,27-30,34,38H,21-22H2/t27?,28-,29-,30?,34+/m0/s1. The summed E-state index contributed by atoms with van der Waals surface area (Å²) in [4.78, 5) is 39.0. The van der Waals surface area contributed by atoms with Crippen LogP contribution in [-0.4, -0.2) is 60.3 Å². The van der Waals surface area contributed by atoms with Crippen LogP contribution in [0.3, 0.4) is 0 Å². The van der Waals surface area contributed by atoms with E-state index in [1.807, 2.05) is 30.3 Å². The molecule has 2 unspecified atom stereocenters. The predicted octanol–water partition coefficient (Wildman–Crippen LogP) is 4.60. The quantitative estimate of drug-likeness (QED) is 0.212. The average Bonchev–Trinajstić information content (AvgIpc) is 3.06. The van der Waals surface area contributed by atoms with Gasteiger partial charge in [0.2, 0.25) is 0 Å². The third-order valence-electron chi connectivity index (χ3n) is 6.79. The fraction of sp³-hybridized carbons (Fsp3) is 0.206. The van der Waals surface area contributed by atoms with Gasteiger partial charge in [-0.2, -0.15) is 0 Å². The van der Waals surface area contributed by atoms with E-state index >= 15 is 0 Å². The van der Waals surface area contributed by atoms with E-state index in [-0.39, 0.29) is 24.3 Å². The first-order valence-corrected chi connectivity index (χ1v) is 13.7. The molecule has 1 saturated heterocycles. The molecule has 1 aliphatic heterocycles. The first kappa shape index (κ1) is 29.7. The Balaban J connectivity index is 1.44. The van der Waals surface area contributed by atoms with Crippen molar-refractivity contribution in [3.63, 3.8) is 0 Å². The minimum absolute atomic E-state index is 0.0352. The van der Waals surface area contributed by atoms with Crippen LogP contribution in [0.2, 0.25) is 0 Å². The zero-order valence-electron chi connectivity index (χ0n) is 23.1. The summed E-state index contributed by atoms with van der Waals surface area (Å²) in [5.74, 6) is -2.07. The molecule has 0 radical (unpaired) electrons. The highest BCUT2D eigenvalue weighted by Gasteiger charge is 2.51. The molecule has 1 aliphatic rings. The van der Waals surface area contributed by atoms with E-state index in [2.05, 4.69) is 0 Å². The summed E-state index contributed by atoms with van der Waals surface area (Å²) >= 11 is 0. The van der Waals surface area contributed by atoms with E-state index < -0.39 is 48.6 Å². The maximum absolute atomic E-state index is 13.3. The Morgan fingerprint density at radius 3 is 1.53 bits per heavy atom. The van der Waals surface area contributed by atoms with E-state index in [1.54, 1.807) is 91.0 Å². The molecule has 220 valence electrons. The summed E-state index contributed by atoms with van der Waals surface area (Å²) in [5, 5.41) is 11.1. The van der Waals surface area contributed by atoms with Crippen molar-refractivity contribution in [3.8, 4) is 0 Å². The van der Waals surface area contributed by atoms with Crippen LogP contribution in [0, 0.1) is 0 Å². The molecule has 0 aromatic heterocycles. The number of carbonyl (C=O) groups is 3. The first-order valence-electron chi connectivity index (χ1n) is 13.7. The van der Waals surface area contributed by atoms with Crippen molar-refractivity contribution in [2.45, 2.75) is 37.3 Å². The normalized spacial score (nSPS) is 21.4. The Hall–Kier alpha value is -4.83. The third-order valence-corrected chi connectivity index (χ3v) is 6.79. The minimum Gasteiger partial charge on any atom is -0.459 e. The SMILES string of the molecule is O=C(OCC1O[C@@H](O)C(OC(=O)c2ccccc2)[C@@H](OCc2ccccc2)[C@H]1OC(=O)c1ccccc1)c1ccccc1. The molecule has 0 spiro atoms. The molecule has 1 heterocycles. The molecule has 1 fully saturated rings. The fourth-order valence-corrected chi connectivity index (χ4v) is 4.60.